The number of nitrogens with zero attached hydrogens (tertiary/aromatic N) is 4. The predicted molar refractivity (Wildman–Crippen MR) is 126 cm³/mol. The van der Waals surface area contributed by atoms with Gasteiger partial charge in [-0.05, 0) is 38.3 Å². The Morgan fingerprint density at radius 3 is 2.71 bits per heavy atom. The lowest BCUT2D eigenvalue weighted by Crippen LogP contribution is -2.23. The second-order valence-corrected chi connectivity index (χ2v) is 9.94. The van der Waals surface area contributed by atoms with E-state index in [-0.39, 0.29) is 29.6 Å². The number of nitrogens with one attached hydrogen (secondary N) is 2. The molecule has 0 radical (unpaired) electrons. The molecule has 1 saturated carbocycles. The fraction of sp³-hybridized carbons (Fsp3) is 0.391. The van der Waals surface area contributed by atoms with Crippen LogP contribution in [0.25, 0.3) is 11.3 Å². The van der Waals surface area contributed by atoms with Gasteiger partial charge in [-0.3, -0.25) is 9.71 Å². The molecular weight excluding hydrogens is 459 g/mol. The molecule has 1 fully saturated rings. The van der Waals surface area contributed by atoms with Gasteiger partial charge in [0, 0.05) is 29.9 Å². The molecule has 4 rings (SSSR count). The summed E-state index contributed by atoms with van der Waals surface area (Å²) in [6.45, 7) is 4.56. The highest BCUT2D eigenvalue weighted by Crippen LogP contribution is 2.29. The van der Waals surface area contributed by atoms with Gasteiger partial charge >= 0.3 is 0 Å². The SMILES string of the molecule is CCOc1cncc(-c2ccc(CNC(CC)c3ccnc(NS(=O)(=O)C4CC4)n3)c(F)c2)n1. The summed E-state index contributed by atoms with van der Waals surface area (Å²) in [5.41, 5.74) is 2.24. The van der Waals surface area contributed by atoms with E-state index in [9.17, 15) is 12.8 Å². The molecule has 0 spiro atoms. The van der Waals surface area contributed by atoms with Gasteiger partial charge in [0.15, 0.2) is 0 Å². The van der Waals surface area contributed by atoms with Crippen LogP contribution in [-0.2, 0) is 16.6 Å². The number of aromatic nitrogens is 4. The molecule has 0 saturated heterocycles. The standard InChI is InChI=1S/C23H27FN6O3S/c1-3-19(20-9-10-26-23(29-20)30-34(31,32)17-7-8-17)27-12-16-6-5-15(11-18(16)24)21-13-25-14-22(28-21)33-4-2/h5-6,9-11,13-14,17,19,27H,3-4,7-8,12H2,1-2H3,(H,26,29,30). The molecule has 0 amide bonds. The number of anilines is 1. The maximum atomic E-state index is 14.9. The van der Waals surface area contributed by atoms with E-state index in [2.05, 4.69) is 30.0 Å². The lowest BCUT2D eigenvalue weighted by Gasteiger charge is -2.18. The summed E-state index contributed by atoms with van der Waals surface area (Å²) in [6.07, 6.45) is 6.58. The zero-order chi connectivity index (χ0) is 24.1. The highest BCUT2D eigenvalue weighted by molar-refractivity contribution is 7.93. The van der Waals surface area contributed by atoms with Crippen molar-refractivity contribution in [3.8, 4) is 17.1 Å². The van der Waals surface area contributed by atoms with Gasteiger partial charge in [-0.2, -0.15) is 0 Å². The molecule has 1 unspecified atom stereocenters. The first-order valence-corrected chi connectivity index (χ1v) is 12.8. The van der Waals surface area contributed by atoms with Crippen LogP contribution in [0.1, 0.15) is 50.4 Å². The van der Waals surface area contributed by atoms with Gasteiger partial charge in [0.2, 0.25) is 21.9 Å². The Morgan fingerprint density at radius 2 is 2.00 bits per heavy atom. The summed E-state index contributed by atoms with van der Waals surface area (Å²) in [5.74, 6) is 0.0696. The van der Waals surface area contributed by atoms with Crippen LogP contribution in [0.5, 0.6) is 5.88 Å². The van der Waals surface area contributed by atoms with Crippen LogP contribution in [-0.4, -0.2) is 40.2 Å². The molecule has 2 heterocycles. The Balaban J connectivity index is 1.44. The molecule has 11 heteroatoms. The van der Waals surface area contributed by atoms with Gasteiger partial charge in [-0.25, -0.2) is 27.8 Å². The van der Waals surface area contributed by atoms with E-state index in [0.717, 1.165) is 0 Å². The zero-order valence-corrected chi connectivity index (χ0v) is 19.8. The van der Waals surface area contributed by atoms with E-state index >= 15 is 0 Å². The highest BCUT2D eigenvalue weighted by atomic mass is 32.2. The third-order valence-electron chi connectivity index (χ3n) is 5.43. The van der Waals surface area contributed by atoms with Gasteiger partial charge in [-0.15, -0.1) is 0 Å². The van der Waals surface area contributed by atoms with Crippen molar-refractivity contribution in [2.45, 2.75) is 50.9 Å². The smallest absolute Gasteiger partial charge is 0.237 e. The van der Waals surface area contributed by atoms with Crippen LogP contribution in [0.2, 0.25) is 0 Å². The minimum absolute atomic E-state index is 0.0515. The van der Waals surface area contributed by atoms with Gasteiger partial charge in [0.1, 0.15) is 5.82 Å². The zero-order valence-electron chi connectivity index (χ0n) is 19.0. The quantitative estimate of drug-likeness (QED) is 0.422. The third kappa shape index (κ3) is 5.84. The number of sulfonamides is 1. The summed E-state index contributed by atoms with van der Waals surface area (Å²) < 4.78 is 47.0. The Bertz CT molecular complexity index is 1250. The number of ether oxygens (including phenoxy) is 1. The van der Waals surface area contributed by atoms with Gasteiger partial charge < -0.3 is 10.1 Å². The Kier molecular flexibility index (Phi) is 7.32. The average molecular weight is 487 g/mol. The maximum Gasteiger partial charge on any atom is 0.237 e. The minimum atomic E-state index is -3.45. The Labute approximate surface area is 198 Å². The number of rotatable bonds is 11. The van der Waals surface area contributed by atoms with Crippen LogP contribution in [0.3, 0.4) is 0 Å². The molecule has 1 aliphatic rings. The van der Waals surface area contributed by atoms with Crippen LogP contribution >= 0.6 is 0 Å². The van der Waals surface area contributed by atoms with Crippen molar-refractivity contribution in [1.29, 1.82) is 0 Å². The second kappa shape index (κ2) is 10.4. The molecule has 1 aliphatic carbocycles. The first-order valence-electron chi connectivity index (χ1n) is 11.2. The van der Waals surface area contributed by atoms with Crippen molar-refractivity contribution in [3.63, 3.8) is 0 Å². The highest BCUT2D eigenvalue weighted by Gasteiger charge is 2.36. The average Bonchev–Trinajstić information content (AvgIpc) is 3.67. The van der Waals surface area contributed by atoms with Gasteiger partial charge in [0.25, 0.3) is 0 Å². The number of benzene rings is 1. The van der Waals surface area contributed by atoms with Crippen molar-refractivity contribution in [3.05, 3.63) is 59.9 Å². The molecule has 0 bridgehead atoms. The number of hydrogen-bond donors (Lipinski definition) is 2. The molecule has 2 aromatic heterocycles. The molecule has 3 aromatic rings. The molecule has 34 heavy (non-hydrogen) atoms. The summed E-state index contributed by atoms with van der Waals surface area (Å²) >= 11 is 0. The van der Waals surface area contributed by atoms with E-state index in [1.165, 1.54) is 18.5 Å². The van der Waals surface area contributed by atoms with E-state index < -0.39 is 10.0 Å². The van der Waals surface area contributed by atoms with Crippen molar-refractivity contribution in [2.24, 2.45) is 0 Å². The minimum Gasteiger partial charge on any atom is -0.477 e. The molecular formula is C23H27FN6O3S. The molecule has 2 N–H and O–H groups in total. The maximum absolute atomic E-state index is 14.9. The third-order valence-corrected chi connectivity index (χ3v) is 7.25. The molecule has 1 aromatic carbocycles. The van der Waals surface area contributed by atoms with Gasteiger partial charge in [0.05, 0.1) is 35.6 Å². The lowest BCUT2D eigenvalue weighted by atomic mass is 10.1. The second-order valence-electron chi connectivity index (χ2n) is 7.98. The van der Waals surface area contributed by atoms with Gasteiger partial charge in [-0.1, -0.05) is 19.1 Å². The Morgan fingerprint density at radius 1 is 1.18 bits per heavy atom. The first kappa shape index (κ1) is 24.0. The predicted octanol–water partition coefficient (Wildman–Crippen LogP) is 3.62. The summed E-state index contributed by atoms with van der Waals surface area (Å²) in [6, 6.07) is 6.43. The van der Waals surface area contributed by atoms with E-state index in [1.54, 1.807) is 24.4 Å². The van der Waals surface area contributed by atoms with Crippen molar-refractivity contribution < 1.29 is 17.5 Å². The number of hydrogen-bond acceptors (Lipinski definition) is 8. The Hall–Kier alpha value is -3.18. The van der Waals surface area contributed by atoms with Crippen molar-refractivity contribution in [2.75, 3.05) is 11.3 Å². The van der Waals surface area contributed by atoms with Crippen LogP contribution < -0.4 is 14.8 Å². The fourth-order valence-electron chi connectivity index (χ4n) is 3.45. The van der Waals surface area contributed by atoms with E-state index in [4.69, 9.17) is 4.74 Å². The summed E-state index contributed by atoms with van der Waals surface area (Å²) in [4.78, 5) is 16.8. The van der Waals surface area contributed by atoms with Crippen molar-refractivity contribution in [1.82, 2.24) is 25.3 Å². The summed E-state index contributed by atoms with van der Waals surface area (Å²) in [5, 5.41) is 2.94. The number of halogens is 1. The van der Waals surface area contributed by atoms with Crippen molar-refractivity contribution >= 4 is 16.0 Å². The fourth-order valence-corrected chi connectivity index (χ4v) is 4.73. The summed E-state index contributed by atoms with van der Waals surface area (Å²) in [7, 11) is -3.45. The molecule has 0 aliphatic heterocycles. The van der Waals surface area contributed by atoms with Crippen LogP contribution in [0, 0.1) is 5.82 Å². The normalized spacial score (nSPS) is 14.6. The first-order chi connectivity index (χ1) is 16.4. The largest absolute Gasteiger partial charge is 0.477 e. The topological polar surface area (TPSA) is 119 Å². The lowest BCUT2D eigenvalue weighted by molar-refractivity contribution is 0.325. The molecule has 9 nitrogen and oxygen atoms in total. The van der Waals surface area contributed by atoms with E-state index in [1.807, 2.05) is 13.8 Å². The van der Waals surface area contributed by atoms with E-state index in [0.29, 0.717) is 54.3 Å². The van der Waals surface area contributed by atoms with Crippen LogP contribution in [0.15, 0.2) is 42.9 Å². The molecule has 180 valence electrons. The monoisotopic (exact) mass is 486 g/mol. The van der Waals surface area contributed by atoms with Crippen LogP contribution in [0.4, 0.5) is 10.3 Å². The molecule has 1 atom stereocenters.